The standard InChI is InChI=1S/C22H23F2N5.C2HF3O2/c23-16-1-4-18(24)15(12-16)11-14-6-9-29(10-7-14)22-21(26-17-2-3-17)27-19-5-8-25-13-20(19)28-22;3-2(4,5)1(6)7/h1,4-5,8,12-14,17H,2-3,6-7,9-11H2,(H,26,27);(H,6,7). The van der Waals surface area contributed by atoms with Crippen molar-refractivity contribution in [3.8, 4) is 0 Å². The first kappa shape index (κ1) is 25.5. The Morgan fingerprint density at radius 2 is 1.75 bits per heavy atom. The predicted octanol–water partition coefficient (Wildman–Crippen LogP) is 4.97. The fraction of sp³-hybridized carbons (Fsp3) is 0.417. The van der Waals surface area contributed by atoms with E-state index >= 15 is 0 Å². The Kier molecular flexibility index (Phi) is 7.51. The summed E-state index contributed by atoms with van der Waals surface area (Å²) in [5.41, 5.74) is 2.09. The largest absolute Gasteiger partial charge is 0.490 e. The van der Waals surface area contributed by atoms with Crippen molar-refractivity contribution >= 4 is 28.6 Å². The first-order valence-corrected chi connectivity index (χ1v) is 11.5. The van der Waals surface area contributed by atoms with Crippen molar-refractivity contribution in [3.63, 3.8) is 0 Å². The van der Waals surface area contributed by atoms with Crippen LogP contribution in [0.1, 0.15) is 31.2 Å². The molecule has 0 radical (unpaired) electrons. The smallest absolute Gasteiger partial charge is 0.475 e. The minimum atomic E-state index is -5.08. The highest BCUT2D eigenvalue weighted by molar-refractivity contribution is 5.80. The zero-order valence-electron chi connectivity index (χ0n) is 19.1. The number of aliphatic carboxylic acids is 1. The molecule has 2 aromatic heterocycles. The molecule has 0 atom stereocenters. The minimum absolute atomic E-state index is 0.322. The van der Waals surface area contributed by atoms with Crippen molar-refractivity contribution in [1.82, 2.24) is 15.0 Å². The van der Waals surface area contributed by atoms with Crippen LogP contribution in [-0.4, -0.2) is 51.3 Å². The van der Waals surface area contributed by atoms with Gasteiger partial charge in [-0.2, -0.15) is 13.2 Å². The minimum Gasteiger partial charge on any atom is -0.475 e. The molecule has 3 heterocycles. The first-order chi connectivity index (χ1) is 17.1. The van der Waals surface area contributed by atoms with Gasteiger partial charge in [0.05, 0.1) is 11.7 Å². The van der Waals surface area contributed by atoms with Gasteiger partial charge in [-0.1, -0.05) is 0 Å². The van der Waals surface area contributed by atoms with Crippen LogP contribution in [0.25, 0.3) is 11.0 Å². The van der Waals surface area contributed by atoms with Crippen LogP contribution in [0.5, 0.6) is 0 Å². The molecular formula is C24H24F5N5O2. The van der Waals surface area contributed by atoms with Crippen molar-refractivity contribution in [2.24, 2.45) is 5.92 Å². The van der Waals surface area contributed by atoms with E-state index in [9.17, 15) is 22.0 Å². The molecule has 5 rings (SSSR count). The van der Waals surface area contributed by atoms with Gasteiger partial charge in [0, 0.05) is 25.3 Å². The highest BCUT2D eigenvalue weighted by Crippen LogP contribution is 2.33. The molecule has 1 saturated carbocycles. The van der Waals surface area contributed by atoms with E-state index in [0.29, 0.717) is 23.9 Å². The monoisotopic (exact) mass is 509 g/mol. The summed E-state index contributed by atoms with van der Waals surface area (Å²) in [6.07, 6.45) is 3.10. The zero-order valence-corrected chi connectivity index (χ0v) is 19.1. The van der Waals surface area contributed by atoms with E-state index < -0.39 is 12.1 Å². The summed E-state index contributed by atoms with van der Waals surface area (Å²) in [7, 11) is 0. The Morgan fingerprint density at radius 3 is 2.39 bits per heavy atom. The van der Waals surface area contributed by atoms with E-state index in [-0.39, 0.29) is 11.6 Å². The maximum atomic E-state index is 14.0. The lowest BCUT2D eigenvalue weighted by Crippen LogP contribution is -2.35. The molecular weight excluding hydrogens is 485 g/mol. The molecule has 2 N–H and O–H groups in total. The van der Waals surface area contributed by atoms with Crippen LogP contribution in [0.4, 0.5) is 33.6 Å². The third kappa shape index (κ3) is 6.55. The van der Waals surface area contributed by atoms with Gasteiger partial charge in [0.1, 0.15) is 17.2 Å². The molecule has 192 valence electrons. The molecule has 0 amide bonds. The number of benzene rings is 1. The number of aromatic nitrogens is 3. The van der Waals surface area contributed by atoms with Gasteiger partial charge in [-0.3, -0.25) is 4.98 Å². The quantitative estimate of drug-likeness (QED) is 0.470. The van der Waals surface area contributed by atoms with Gasteiger partial charge in [0.15, 0.2) is 11.6 Å². The molecule has 3 aromatic rings. The number of carboxylic acids is 1. The maximum absolute atomic E-state index is 14.0. The van der Waals surface area contributed by atoms with Crippen molar-refractivity contribution in [2.75, 3.05) is 23.3 Å². The average molecular weight is 509 g/mol. The van der Waals surface area contributed by atoms with Crippen molar-refractivity contribution < 1.29 is 31.9 Å². The Morgan fingerprint density at radius 1 is 1.06 bits per heavy atom. The second kappa shape index (κ2) is 10.6. The van der Waals surface area contributed by atoms with Gasteiger partial charge in [0.2, 0.25) is 0 Å². The van der Waals surface area contributed by atoms with E-state index in [0.717, 1.165) is 61.4 Å². The Bertz CT molecular complexity index is 1230. The summed E-state index contributed by atoms with van der Waals surface area (Å²) >= 11 is 0. The van der Waals surface area contributed by atoms with E-state index in [2.05, 4.69) is 15.2 Å². The summed E-state index contributed by atoms with van der Waals surface area (Å²) in [5, 5.41) is 10.6. The number of fused-ring (bicyclic) bond motifs is 1. The molecule has 1 aliphatic heterocycles. The van der Waals surface area contributed by atoms with Crippen LogP contribution in [0.15, 0.2) is 36.7 Å². The van der Waals surface area contributed by atoms with Crippen molar-refractivity contribution in [2.45, 2.75) is 44.3 Å². The van der Waals surface area contributed by atoms with Crippen LogP contribution < -0.4 is 10.2 Å². The third-order valence-corrected chi connectivity index (χ3v) is 6.04. The second-order valence-corrected chi connectivity index (χ2v) is 8.85. The lowest BCUT2D eigenvalue weighted by molar-refractivity contribution is -0.192. The molecule has 12 heteroatoms. The van der Waals surface area contributed by atoms with Crippen LogP contribution in [0.2, 0.25) is 0 Å². The molecule has 1 aliphatic carbocycles. The fourth-order valence-corrected chi connectivity index (χ4v) is 3.99. The van der Waals surface area contributed by atoms with E-state index in [4.69, 9.17) is 19.9 Å². The zero-order chi connectivity index (χ0) is 25.9. The molecule has 0 bridgehead atoms. The molecule has 36 heavy (non-hydrogen) atoms. The fourth-order valence-electron chi connectivity index (χ4n) is 3.99. The van der Waals surface area contributed by atoms with E-state index in [1.54, 1.807) is 12.4 Å². The molecule has 7 nitrogen and oxygen atoms in total. The van der Waals surface area contributed by atoms with Gasteiger partial charge in [-0.15, -0.1) is 0 Å². The number of pyridine rings is 1. The number of alkyl halides is 3. The van der Waals surface area contributed by atoms with Gasteiger partial charge < -0.3 is 15.3 Å². The Labute approximate surface area is 203 Å². The predicted molar refractivity (Wildman–Crippen MR) is 123 cm³/mol. The van der Waals surface area contributed by atoms with Gasteiger partial charge >= 0.3 is 12.1 Å². The van der Waals surface area contributed by atoms with Gasteiger partial charge in [-0.25, -0.2) is 23.5 Å². The highest BCUT2D eigenvalue weighted by Gasteiger charge is 2.38. The summed E-state index contributed by atoms with van der Waals surface area (Å²) in [6, 6.07) is 6.07. The van der Waals surface area contributed by atoms with Crippen LogP contribution >= 0.6 is 0 Å². The number of carbonyl (C=O) groups is 1. The topological polar surface area (TPSA) is 91.2 Å². The highest BCUT2D eigenvalue weighted by atomic mass is 19.4. The van der Waals surface area contributed by atoms with Gasteiger partial charge in [-0.05, 0) is 67.9 Å². The van der Waals surface area contributed by atoms with E-state index in [1.165, 1.54) is 18.2 Å². The average Bonchev–Trinajstić information content (AvgIpc) is 3.65. The third-order valence-electron chi connectivity index (χ3n) is 6.04. The number of carboxylic acid groups (broad SMARTS) is 1. The van der Waals surface area contributed by atoms with E-state index in [1.807, 2.05) is 6.07 Å². The normalized spacial score (nSPS) is 16.4. The molecule has 2 aliphatic rings. The summed E-state index contributed by atoms with van der Waals surface area (Å²) in [4.78, 5) is 25.0. The second-order valence-electron chi connectivity index (χ2n) is 8.85. The number of piperidine rings is 1. The summed E-state index contributed by atoms with van der Waals surface area (Å²) in [6.45, 7) is 1.64. The van der Waals surface area contributed by atoms with Crippen LogP contribution in [0, 0.1) is 17.6 Å². The van der Waals surface area contributed by atoms with Crippen molar-refractivity contribution in [1.29, 1.82) is 0 Å². The maximum Gasteiger partial charge on any atom is 0.490 e. The number of hydrogen-bond acceptors (Lipinski definition) is 6. The lowest BCUT2D eigenvalue weighted by Gasteiger charge is -2.33. The molecule has 1 saturated heterocycles. The SMILES string of the molecule is Fc1ccc(F)c(CC2CCN(c3nc4cnccc4nc3NC3CC3)CC2)c1.O=C(O)C(F)(F)F. The summed E-state index contributed by atoms with van der Waals surface area (Å²) in [5.74, 6) is -1.43. The summed E-state index contributed by atoms with van der Waals surface area (Å²) < 4.78 is 59.2. The number of nitrogens with zero attached hydrogens (tertiary/aromatic N) is 4. The van der Waals surface area contributed by atoms with Crippen LogP contribution in [0.3, 0.4) is 0 Å². The molecule has 2 fully saturated rings. The molecule has 0 spiro atoms. The Balaban J connectivity index is 0.000000384. The number of halogens is 5. The number of rotatable bonds is 5. The van der Waals surface area contributed by atoms with Crippen molar-refractivity contribution in [3.05, 3.63) is 53.9 Å². The van der Waals surface area contributed by atoms with Crippen LogP contribution in [-0.2, 0) is 11.2 Å². The van der Waals surface area contributed by atoms with Gasteiger partial charge in [0.25, 0.3) is 0 Å². The first-order valence-electron chi connectivity index (χ1n) is 11.5. The molecule has 0 unspecified atom stereocenters. The number of anilines is 2. The number of hydrogen-bond donors (Lipinski definition) is 2. The Hall–Kier alpha value is -3.57. The lowest BCUT2D eigenvalue weighted by atomic mass is 9.90. The molecule has 1 aromatic carbocycles. The number of nitrogens with one attached hydrogen (secondary N) is 1.